The molecule has 0 saturated heterocycles. The Kier molecular flexibility index (Phi) is 6.18. The molecule has 1 N–H and O–H groups in total. The summed E-state index contributed by atoms with van der Waals surface area (Å²) >= 11 is 0. The molecule has 3 aromatic rings. The molecule has 1 heterocycles. The second kappa shape index (κ2) is 9.20. The molecule has 0 bridgehead atoms. The zero-order valence-corrected chi connectivity index (χ0v) is 19.1. The Morgan fingerprint density at radius 1 is 0.818 bits per heavy atom. The molecule has 168 valence electrons. The SMILES string of the molecule is CCOc1ccc(C2=C(Nc3ccc(OC)cc3)C(=O)N(c3ccc(C)c(C)c3)C2=O)cc1. The fourth-order valence-corrected chi connectivity index (χ4v) is 3.72. The molecule has 0 saturated carbocycles. The van der Waals surface area contributed by atoms with Crippen molar-refractivity contribution in [3.05, 3.63) is 89.1 Å². The Balaban J connectivity index is 1.78. The highest BCUT2D eigenvalue weighted by Gasteiger charge is 2.40. The smallest absolute Gasteiger partial charge is 0.282 e. The zero-order valence-electron chi connectivity index (χ0n) is 19.1. The number of nitrogens with one attached hydrogen (secondary N) is 1. The van der Waals surface area contributed by atoms with Crippen LogP contribution in [0.4, 0.5) is 11.4 Å². The average molecular weight is 443 g/mol. The molecule has 0 atom stereocenters. The number of methoxy groups -OCH3 is 1. The molecular weight excluding hydrogens is 416 g/mol. The van der Waals surface area contributed by atoms with E-state index < -0.39 is 5.91 Å². The lowest BCUT2D eigenvalue weighted by molar-refractivity contribution is -0.120. The number of aryl methyl sites for hydroxylation is 2. The van der Waals surface area contributed by atoms with Crippen LogP contribution in [-0.4, -0.2) is 25.5 Å². The van der Waals surface area contributed by atoms with Crippen molar-refractivity contribution >= 4 is 28.8 Å². The highest BCUT2D eigenvalue weighted by molar-refractivity contribution is 6.46. The summed E-state index contributed by atoms with van der Waals surface area (Å²) in [5, 5.41) is 3.17. The van der Waals surface area contributed by atoms with E-state index in [1.165, 1.54) is 4.90 Å². The summed E-state index contributed by atoms with van der Waals surface area (Å²) in [5.74, 6) is 0.632. The number of rotatable bonds is 7. The van der Waals surface area contributed by atoms with Gasteiger partial charge >= 0.3 is 0 Å². The summed E-state index contributed by atoms with van der Waals surface area (Å²) in [6, 6.07) is 20.0. The maximum Gasteiger partial charge on any atom is 0.282 e. The monoisotopic (exact) mass is 442 g/mol. The van der Waals surface area contributed by atoms with Crippen molar-refractivity contribution < 1.29 is 19.1 Å². The van der Waals surface area contributed by atoms with E-state index in [0.29, 0.717) is 40.6 Å². The lowest BCUT2D eigenvalue weighted by atomic mass is 10.0. The van der Waals surface area contributed by atoms with E-state index in [0.717, 1.165) is 11.1 Å². The summed E-state index contributed by atoms with van der Waals surface area (Å²) in [6.07, 6.45) is 0. The maximum atomic E-state index is 13.6. The van der Waals surface area contributed by atoms with Gasteiger partial charge in [0.15, 0.2) is 0 Å². The topological polar surface area (TPSA) is 67.9 Å². The molecule has 2 amide bonds. The number of ether oxygens (including phenoxy) is 2. The van der Waals surface area contributed by atoms with Crippen molar-refractivity contribution in [2.75, 3.05) is 23.9 Å². The molecular formula is C27H26N2O4. The number of imide groups is 1. The van der Waals surface area contributed by atoms with Crippen molar-refractivity contribution in [2.45, 2.75) is 20.8 Å². The van der Waals surface area contributed by atoms with E-state index in [1.807, 2.05) is 32.9 Å². The van der Waals surface area contributed by atoms with E-state index >= 15 is 0 Å². The van der Waals surface area contributed by atoms with Crippen LogP contribution < -0.4 is 19.7 Å². The Bertz CT molecular complexity index is 1230. The van der Waals surface area contributed by atoms with Gasteiger partial charge in [-0.15, -0.1) is 0 Å². The second-order valence-corrected chi connectivity index (χ2v) is 7.78. The van der Waals surface area contributed by atoms with Gasteiger partial charge < -0.3 is 14.8 Å². The fourth-order valence-electron chi connectivity index (χ4n) is 3.72. The number of benzene rings is 3. The van der Waals surface area contributed by atoms with Gasteiger partial charge in [-0.3, -0.25) is 9.59 Å². The van der Waals surface area contributed by atoms with Crippen molar-refractivity contribution in [3.63, 3.8) is 0 Å². The molecule has 0 aromatic heterocycles. The zero-order chi connectivity index (χ0) is 23.5. The first-order chi connectivity index (χ1) is 15.9. The third kappa shape index (κ3) is 4.32. The molecule has 4 rings (SSSR count). The van der Waals surface area contributed by atoms with Gasteiger partial charge in [0.25, 0.3) is 11.8 Å². The van der Waals surface area contributed by atoms with Crippen LogP contribution >= 0.6 is 0 Å². The first-order valence-corrected chi connectivity index (χ1v) is 10.8. The van der Waals surface area contributed by atoms with Gasteiger partial charge in [0.2, 0.25) is 0 Å². The van der Waals surface area contributed by atoms with Crippen molar-refractivity contribution in [1.82, 2.24) is 0 Å². The number of hydrogen-bond acceptors (Lipinski definition) is 5. The number of carbonyl (C=O) groups is 2. The lowest BCUT2D eigenvalue weighted by Crippen LogP contribution is -2.32. The van der Waals surface area contributed by atoms with Crippen LogP contribution in [0.25, 0.3) is 5.57 Å². The summed E-state index contributed by atoms with van der Waals surface area (Å²) in [6.45, 7) is 6.41. The number of nitrogens with zero attached hydrogens (tertiary/aromatic N) is 1. The predicted octanol–water partition coefficient (Wildman–Crippen LogP) is 5.11. The van der Waals surface area contributed by atoms with Crippen LogP contribution in [0, 0.1) is 13.8 Å². The van der Waals surface area contributed by atoms with Crippen molar-refractivity contribution in [2.24, 2.45) is 0 Å². The van der Waals surface area contributed by atoms with E-state index in [2.05, 4.69) is 5.32 Å². The van der Waals surface area contributed by atoms with Crippen molar-refractivity contribution in [3.8, 4) is 11.5 Å². The molecule has 6 nitrogen and oxygen atoms in total. The highest BCUT2D eigenvalue weighted by atomic mass is 16.5. The predicted molar refractivity (Wildman–Crippen MR) is 130 cm³/mol. The van der Waals surface area contributed by atoms with Crippen LogP contribution in [0.2, 0.25) is 0 Å². The Hall–Kier alpha value is -4.06. The van der Waals surface area contributed by atoms with Gasteiger partial charge in [-0.1, -0.05) is 18.2 Å². The Labute approximate surface area is 193 Å². The van der Waals surface area contributed by atoms with Gasteiger partial charge in [-0.25, -0.2) is 4.90 Å². The minimum atomic E-state index is -0.400. The fraction of sp³-hybridized carbons (Fsp3) is 0.185. The maximum absolute atomic E-state index is 13.6. The Morgan fingerprint density at radius 3 is 2.09 bits per heavy atom. The summed E-state index contributed by atoms with van der Waals surface area (Å²) in [4.78, 5) is 28.3. The van der Waals surface area contributed by atoms with Gasteiger partial charge in [0.05, 0.1) is 25.0 Å². The standard InChI is InChI=1S/C27H26N2O4/c1-5-33-23-12-7-19(8-13-23)24-25(28-20-9-14-22(32-4)15-10-20)27(31)29(26(24)30)21-11-6-17(2)18(3)16-21/h6-16,28H,5H2,1-4H3. The molecule has 0 spiro atoms. The molecule has 0 radical (unpaired) electrons. The molecule has 1 aliphatic rings. The summed E-state index contributed by atoms with van der Waals surface area (Å²) in [5.41, 5.74) is 4.51. The second-order valence-electron chi connectivity index (χ2n) is 7.78. The highest BCUT2D eigenvalue weighted by Crippen LogP contribution is 2.35. The average Bonchev–Trinajstić information content (AvgIpc) is 3.06. The molecule has 0 fully saturated rings. The van der Waals surface area contributed by atoms with Crippen LogP contribution in [0.3, 0.4) is 0 Å². The minimum Gasteiger partial charge on any atom is -0.497 e. The van der Waals surface area contributed by atoms with E-state index in [-0.39, 0.29) is 11.6 Å². The van der Waals surface area contributed by atoms with Crippen LogP contribution in [0.1, 0.15) is 23.6 Å². The first kappa shape index (κ1) is 22.1. The van der Waals surface area contributed by atoms with Gasteiger partial charge in [0, 0.05) is 5.69 Å². The summed E-state index contributed by atoms with van der Waals surface area (Å²) < 4.78 is 10.7. The minimum absolute atomic E-state index is 0.229. The van der Waals surface area contributed by atoms with Gasteiger partial charge in [0.1, 0.15) is 17.2 Å². The molecule has 3 aromatic carbocycles. The third-order valence-electron chi connectivity index (χ3n) is 5.65. The first-order valence-electron chi connectivity index (χ1n) is 10.8. The number of amides is 2. The van der Waals surface area contributed by atoms with Gasteiger partial charge in [-0.05, 0) is 86.0 Å². The van der Waals surface area contributed by atoms with E-state index in [1.54, 1.807) is 61.7 Å². The van der Waals surface area contributed by atoms with E-state index in [9.17, 15) is 9.59 Å². The largest absolute Gasteiger partial charge is 0.497 e. The number of anilines is 2. The third-order valence-corrected chi connectivity index (χ3v) is 5.65. The molecule has 1 aliphatic heterocycles. The Morgan fingerprint density at radius 2 is 1.48 bits per heavy atom. The lowest BCUT2D eigenvalue weighted by Gasteiger charge is -2.17. The molecule has 0 aliphatic carbocycles. The van der Waals surface area contributed by atoms with Crippen molar-refractivity contribution in [1.29, 1.82) is 0 Å². The molecule has 6 heteroatoms. The van der Waals surface area contributed by atoms with Crippen LogP contribution in [0.15, 0.2) is 72.4 Å². The normalized spacial score (nSPS) is 13.5. The number of carbonyl (C=O) groups excluding carboxylic acids is 2. The number of hydrogen-bond donors (Lipinski definition) is 1. The quantitative estimate of drug-likeness (QED) is 0.515. The van der Waals surface area contributed by atoms with E-state index in [4.69, 9.17) is 9.47 Å². The molecule has 33 heavy (non-hydrogen) atoms. The van der Waals surface area contributed by atoms with Crippen LogP contribution in [-0.2, 0) is 9.59 Å². The molecule has 0 unspecified atom stereocenters. The van der Waals surface area contributed by atoms with Crippen LogP contribution in [0.5, 0.6) is 11.5 Å². The van der Waals surface area contributed by atoms with Gasteiger partial charge in [-0.2, -0.15) is 0 Å². The summed E-state index contributed by atoms with van der Waals surface area (Å²) in [7, 11) is 1.59.